The average molecular weight is 274 g/mol. The zero-order chi connectivity index (χ0) is 12.8. The number of Topliss-reactive ketones (excluding diaryl/α,β-unsaturated/α-hetero) is 1. The van der Waals surface area contributed by atoms with E-state index in [1.54, 1.807) is 30.3 Å². The summed E-state index contributed by atoms with van der Waals surface area (Å²) in [5, 5.41) is -1.22. The normalized spacial score (nSPS) is 11.6. The van der Waals surface area contributed by atoms with Gasteiger partial charge in [0.2, 0.25) is 5.78 Å². The Morgan fingerprint density at radius 2 is 1.82 bits per heavy atom. The fourth-order valence-corrected chi connectivity index (χ4v) is 1.75. The van der Waals surface area contributed by atoms with Crippen LogP contribution in [0.15, 0.2) is 34.7 Å². The molecule has 7 heteroatoms. The Kier molecular flexibility index (Phi) is 4.99. The number of carbonyl (C=O) groups excluding carboxylic acids is 2. The topological polar surface area (TPSA) is 80.6 Å². The van der Waals surface area contributed by atoms with Crippen LogP contribution in [0.1, 0.15) is 5.56 Å². The van der Waals surface area contributed by atoms with Gasteiger partial charge in [-0.3, -0.25) is 9.59 Å². The first-order chi connectivity index (χ1) is 8.00. The molecule has 17 heavy (non-hydrogen) atoms. The van der Waals surface area contributed by atoms with Gasteiger partial charge in [0, 0.05) is 6.42 Å². The van der Waals surface area contributed by atoms with Crippen molar-refractivity contribution in [1.29, 1.82) is 0 Å². The summed E-state index contributed by atoms with van der Waals surface area (Å²) in [7, 11) is -2.76. The molecule has 0 amide bonds. The SMILES string of the molecule is O=C(Cl)C(=O)[C@H](Cc1ccccc1)N=S(=O)=O. The minimum absolute atomic E-state index is 0.0200. The van der Waals surface area contributed by atoms with E-state index < -0.39 is 27.6 Å². The molecular formula is C10H8ClNO4S. The summed E-state index contributed by atoms with van der Waals surface area (Å²) in [5.74, 6) is -1.03. The third kappa shape index (κ3) is 4.46. The number of ketones is 1. The quantitative estimate of drug-likeness (QED) is 0.592. The smallest absolute Gasteiger partial charge is 0.287 e. The fraction of sp³-hybridized carbons (Fsp3) is 0.200. The molecule has 0 saturated carbocycles. The lowest BCUT2D eigenvalue weighted by Gasteiger charge is -2.06. The molecule has 1 rings (SSSR count). The van der Waals surface area contributed by atoms with E-state index in [9.17, 15) is 18.0 Å². The first-order valence-electron chi connectivity index (χ1n) is 4.58. The van der Waals surface area contributed by atoms with Crippen molar-refractivity contribution >= 4 is 33.1 Å². The predicted octanol–water partition coefficient (Wildman–Crippen LogP) is 0.995. The highest BCUT2D eigenvalue weighted by molar-refractivity contribution is 7.61. The van der Waals surface area contributed by atoms with E-state index >= 15 is 0 Å². The van der Waals surface area contributed by atoms with Gasteiger partial charge in [0.25, 0.3) is 5.24 Å². The van der Waals surface area contributed by atoms with Gasteiger partial charge >= 0.3 is 10.5 Å². The lowest BCUT2D eigenvalue weighted by Crippen LogP contribution is -2.26. The molecule has 0 fully saturated rings. The van der Waals surface area contributed by atoms with Crippen LogP contribution in [0.3, 0.4) is 0 Å². The summed E-state index contributed by atoms with van der Waals surface area (Å²) in [5.41, 5.74) is 0.693. The average Bonchev–Trinajstić information content (AvgIpc) is 2.28. The maximum Gasteiger partial charge on any atom is 0.311 e. The van der Waals surface area contributed by atoms with Crippen LogP contribution in [0.5, 0.6) is 0 Å². The molecule has 90 valence electrons. The van der Waals surface area contributed by atoms with Crippen LogP contribution >= 0.6 is 11.6 Å². The molecule has 0 aliphatic carbocycles. The third-order valence-electron chi connectivity index (χ3n) is 1.98. The number of hydrogen-bond donors (Lipinski definition) is 0. The van der Waals surface area contributed by atoms with E-state index in [4.69, 9.17) is 11.6 Å². The summed E-state index contributed by atoms with van der Waals surface area (Å²) in [4.78, 5) is 22.0. The second-order valence-corrected chi connectivity index (χ2v) is 4.15. The van der Waals surface area contributed by atoms with Gasteiger partial charge in [0.15, 0.2) is 0 Å². The van der Waals surface area contributed by atoms with Crippen LogP contribution in [-0.2, 0) is 26.5 Å². The highest BCUT2D eigenvalue weighted by atomic mass is 35.5. The maximum atomic E-state index is 11.3. The van der Waals surface area contributed by atoms with Crippen LogP contribution in [0.25, 0.3) is 0 Å². The zero-order valence-electron chi connectivity index (χ0n) is 8.54. The van der Waals surface area contributed by atoms with Crippen molar-refractivity contribution in [2.75, 3.05) is 0 Å². The molecule has 0 aliphatic heterocycles. The van der Waals surface area contributed by atoms with E-state index in [0.717, 1.165) is 0 Å². The van der Waals surface area contributed by atoms with Crippen molar-refractivity contribution in [3.63, 3.8) is 0 Å². The van der Waals surface area contributed by atoms with Crippen LogP contribution in [0, 0.1) is 0 Å². The van der Waals surface area contributed by atoms with E-state index in [2.05, 4.69) is 4.36 Å². The Hall–Kier alpha value is -1.53. The highest BCUT2D eigenvalue weighted by Gasteiger charge is 2.24. The number of rotatable bonds is 5. The minimum Gasteiger partial charge on any atom is -0.287 e. The van der Waals surface area contributed by atoms with Crippen molar-refractivity contribution in [2.45, 2.75) is 12.5 Å². The molecule has 1 aromatic carbocycles. The molecule has 0 unspecified atom stereocenters. The lowest BCUT2D eigenvalue weighted by molar-refractivity contribution is -0.132. The summed E-state index contributed by atoms with van der Waals surface area (Å²) in [6.07, 6.45) is 0.0200. The molecule has 5 nitrogen and oxygen atoms in total. The lowest BCUT2D eigenvalue weighted by atomic mass is 10.0. The Bertz CT molecular complexity index is 545. The van der Waals surface area contributed by atoms with Gasteiger partial charge in [-0.1, -0.05) is 30.3 Å². The molecule has 1 aromatic rings. The number of benzene rings is 1. The first kappa shape index (κ1) is 13.5. The van der Waals surface area contributed by atoms with Gasteiger partial charge in [-0.15, -0.1) is 0 Å². The van der Waals surface area contributed by atoms with Crippen molar-refractivity contribution in [2.24, 2.45) is 4.36 Å². The van der Waals surface area contributed by atoms with Crippen LogP contribution < -0.4 is 0 Å². The Morgan fingerprint density at radius 3 is 2.29 bits per heavy atom. The van der Waals surface area contributed by atoms with Gasteiger partial charge in [0.05, 0.1) is 0 Å². The zero-order valence-corrected chi connectivity index (χ0v) is 10.1. The molecule has 0 bridgehead atoms. The van der Waals surface area contributed by atoms with Gasteiger partial charge in [-0.2, -0.15) is 12.8 Å². The second kappa shape index (κ2) is 6.27. The van der Waals surface area contributed by atoms with Crippen LogP contribution in [0.4, 0.5) is 0 Å². The molecule has 0 saturated heterocycles. The molecule has 0 aliphatic rings. The van der Waals surface area contributed by atoms with E-state index in [-0.39, 0.29) is 6.42 Å². The summed E-state index contributed by atoms with van der Waals surface area (Å²) >= 11 is 5.02. The second-order valence-electron chi connectivity index (χ2n) is 3.17. The van der Waals surface area contributed by atoms with Crippen LogP contribution in [-0.4, -0.2) is 25.5 Å². The Morgan fingerprint density at radius 1 is 1.24 bits per heavy atom. The standard InChI is InChI=1S/C10H8ClNO4S/c11-10(14)9(13)8(12-17(15)16)6-7-4-2-1-3-5-7/h1-5,8H,6H2/t8-/m0/s1. The summed E-state index contributed by atoms with van der Waals surface area (Å²) in [6, 6.07) is 7.34. The number of nitrogens with zero attached hydrogens (tertiary/aromatic N) is 1. The van der Waals surface area contributed by atoms with Crippen molar-refractivity contribution < 1.29 is 18.0 Å². The summed E-state index contributed by atoms with van der Waals surface area (Å²) in [6.45, 7) is 0. The third-order valence-corrected chi connectivity index (χ3v) is 2.59. The largest absolute Gasteiger partial charge is 0.311 e. The van der Waals surface area contributed by atoms with Crippen LogP contribution in [0.2, 0.25) is 0 Å². The van der Waals surface area contributed by atoms with Crippen molar-refractivity contribution in [1.82, 2.24) is 0 Å². The maximum absolute atomic E-state index is 11.3. The predicted molar refractivity (Wildman–Crippen MR) is 61.1 cm³/mol. The molecule has 0 spiro atoms. The Labute approximate surface area is 104 Å². The van der Waals surface area contributed by atoms with E-state index in [1.165, 1.54) is 0 Å². The number of carbonyl (C=O) groups is 2. The molecule has 0 radical (unpaired) electrons. The molecule has 0 heterocycles. The summed E-state index contributed by atoms with van der Waals surface area (Å²) < 4.78 is 24.1. The first-order valence-corrected chi connectivity index (χ1v) is 5.99. The van der Waals surface area contributed by atoms with E-state index in [0.29, 0.717) is 5.56 Å². The monoisotopic (exact) mass is 273 g/mol. The molecule has 1 atom stereocenters. The molecule has 0 N–H and O–H groups in total. The molecule has 0 aromatic heterocycles. The van der Waals surface area contributed by atoms with Gasteiger partial charge in [-0.25, -0.2) is 0 Å². The van der Waals surface area contributed by atoms with Crippen molar-refractivity contribution in [3.8, 4) is 0 Å². The fourth-order valence-electron chi connectivity index (χ4n) is 1.25. The number of hydrogen-bond acceptors (Lipinski definition) is 5. The Balaban J connectivity index is 2.97. The van der Waals surface area contributed by atoms with E-state index in [1.807, 2.05) is 0 Å². The minimum atomic E-state index is -2.76. The van der Waals surface area contributed by atoms with Gasteiger partial charge in [-0.05, 0) is 17.2 Å². The molecular weight excluding hydrogens is 266 g/mol. The highest BCUT2D eigenvalue weighted by Crippen LogP contribution is 2.08. The van der Waals surface area contributed by atoms with Gasteiger partial charge in [0.1, 0.15) is 6.04 Å². The van der Waals surface area contributed by atoms with Gasteiger partial charge < -0.3 is 0 Å². The number of halogens is 1. The van der Waals surface area contributed by atoms with Crippen molar-refractivity contribution in [3.05, 3.63) is 35.9 Å².